The molecule has 3 aromatic rings. The molecule has 0 unspecified atom stereocenters. The maximum Gasteiger partial charge on any atom is 0.255 e. The number of para-hydroxylation sites is 1. The first-order valence-electron chi connectivity index (χ1n) is 11.8. The predicted octanol–water partition coefficient (Wildman–Crippen LogP) is 4.47. The summed E-state index contributed by atoms with van der Waals surface area (Å²) in [6, 6.07) is 19.9. The minimum absolute atomic E-state index is 0.00964. The third-order valence-corrected chi connectivity index (χ3v) is 7.38. The Morgan fingerprint density at radius 1 is 1.00 bits per heavy atom. The molecule has 1 aliphatic heterocycles. The number of ether oxygens (including phenoxy) is 1. The molecule has 0 radical (unpaired) electrons. The van der Waals surface area contributed by atoms with Crippen LogP contribution in [0.3, 0.4) is 0 Å². The minimum atomic E-state index is -3.59. The average Bonchev–Trinajstić information content (AvgIpc) is 3.40. The van der Waals surface area contributed by atoms with E-state index in [2.05, 4.69) is 10.6 Å². The number of nitrogens with zero attached hydrogens (tertiary/aromatic N) is 1. The SMILES string of the molecule is CS(=O)(=O)N(Cc1ccc(Cl)cc1)c1ccc(C(=O)Nc2ccccc2C(=O)NC[C@@H]2CCCO2)cc1. The maximum absolute atomic E-state index is 12.9. The number of rotatable bonds is 9. The summed E-state index contributed by atoms with van der Waals surface area (Å²) in [7, 11) is -3.59. The fourth-order valence-corrected chi connectivity index (χ4v) is 5.04. The van der Waals surface area contributed by atoms with Gasteiger partial charge in [0.25, 0.3) is 11.8 Å². The highest BCUT2D eigenvalue weighted by Crippen LogP contribution is 2.23. The van der Waals surface area contributed by atoms with E-state index in [4.69, 9.17) is 16.3 Å². The van der Waals surface area contributed by atoms with Crippen molar-refractivity contribution in [1.82, 2.24) is 5.32 Å². The van der Waals surface area contributed by atoms with Crippen molar-refractivity contribution in [2.24, 2.45) is 0 Å². The van der Waals surface area contributed by atoms with Gasteiger partial charge in [-0.25, -0.2) is 8.42 Å². The van der Waals surface area contributed by atoms with Gasteiger partial charge in [0.1, 0.15) is 0 Å². The van der Waals surface area contributed by atoms with Gasteiger partial charge in [0.15, 0.2) is 0 Å². The van der Waals surface area contributed by atoms with Gasteiger partial charge in [0.2, 0.25) is 10.0 Å². The second-order valence-corrected chi connectivity index (χ2v) is 11.1. The van der Waals surface area contributed by atoms with Crippen LogP contribution in [-0.4, -0.2) is 45.7 Å². The van der Waals surface area contributed by atoms with Crippen LogP contribution >= 0.6 is 11.6 Å². The number of anilines is 2. The Morgan fingerprint density at radius 2 is 1.70 bits per heavy atom. The number of hydrogen-bond acceptors (Lipinski definition) is 5. The van der Waals surface area contributed by atoms with Crippen LogP contribution < -0.4 is 14.9 Å². The summed E-state index contributed by atoms with van der Waals surface area (Å²) in [5.74, 6) is -0.720. The predicted molar refractivity (Wildman–Crippen MR) is 145 cm³/mol. The molecule has 0 saturated carbocycles. The van der Waals surface area contributed by atoms with Crippen LogP contribution in [-0.2, 0) is 21.3 Å². The molecule has 1 fully saturated rings. The van der Waals surface area contributed by atoms with Crippen LogP contribution in [0.1, 0.15) is 39.1 Å². The van der Waals surface area contributed by atoms with E-state index < -0.39 is 15.9 Å². The van der Waals surface area contributed by atoms with Gasteiger partial charge in [-0.15, -0.1) is 0 Å². The highest BCUT2D eigenvalue weighted by Gasteiger charge is 2.20. The molecule has 1 aliphatic rings. The molecule has 3 aromatic carbocycles. The van der Waals surface area contributed by atoms with Crippen LogP contribution in [0.5, 0.6) is 0 Å². The standard InChI is InChI=1S/C27H28ClN3O5S/c1-37(34,35)31(18-19-8-12-21(28)13-9-19)22-14-10-20(11-15-22)26(32)30-25-7-3-2-6-24(25)27(33)29-17-23-5-4-16-36-23/h2-3,6-15,23H,4-5,16-18H2,1H3,(H,29,33)(H,30,32)/t23-/m0/s1. The summed E-state index contributed by atoms with van der Waals surface area (Å²) in [5, 5.41) is 6.21. The molecule has 2 N–H and O–H groups in total. The second kappa shape index (κ2) is 11.8. The smallest absolute Gasteiger partial charge is 0.255 e. The lowest BCUT2D eigenvalue weighted by atomic mass is 10.1. The van der Waals surface area contributed by atoms with E-state index in [1.165, 1.54) is 4.31 Å². The summed E-state index contributed by atoms with van der Waals surface area (Å²) < 4.78 is 31.8. The van der Waals surface area contributed by atoms with Crippen molar-refractivity contribution in [2.75, 3.05) is 29.0 Å². The lowest BCUT2D eigenvalue weighted by molar-refractivity contribution is 0.0858. The molecule has 1 saturated heterocycles. The Labute approximate surface area is 221 Å². The first-order valence-corrected chi connectivity index (χ1v) is 14.1. The molecule has 1 atom stereocenters. The molecule has 4 rings (SSSR count). The number of benzene rings is 3. The summed E-state index contributed by atoms with van der Waals surface area (Å²) in [5.41, 5.74) is 2.23. The number of sulfonamides is 1. The van der Waals surface area contributed by atoms with E-state index in [0.717, 1.165) is 24.7 Å². The molecule has 0 bridgehead atoms. The van der Waals surface area contributed by atoms with Gasteiger partial charge < -0.3 is 15.4 Å². The van der Waals surface area contributed by atoms with Gasteiger partial charge in [-0.1, -0.05) is 35.9 Å². The first-order chi connectivity index (χ1) is 17.7. The first kappa shape index (κ1) is 26.7. The van der Waals surface area contributed by atoms with Crippen LogP contribution in [0.25, 0.3) is 0 Å². The third-order valence-electron chi connectivity index (χ3n) is 5.99. The maximum atomic E-state index is 12.9. The molecule has 0 aliphatic carbocycles. The van der Waals surface area contributed by atoms with E-state index >= 15 is 0 Å². The zero-order valence-electron chi connectivity index (χ0n) is 20.3. The summed E-state index contributed by atoms with van der Waals surface area (Å²) >= 11 is 5.93. The number of carbonyl (C=O) groups excluding carboxylic acids is 2. The number of halogens is 1. The molecular weight excluding hydrogens is 514 g/mol. The van der Waals surface area contributed by atoms with Crippen molar-refractivity contribution in [2.45, 2.75) is 25.5 Å². The van der Waals surface area contributed by atoms with Gasteiger partial charge in [0.05, 0.1) is 35.8 Å². The Kier molecular flexibility index (Phi) is 8.48. The minimum Gasteiger partial charge on any atom is -0.376 e. The molecule has 0 aromatic heterocycles. The molecule has 0 spiro atoms. The number of hydrogen-bond donors (Lipinski definition) is 2. The molecule has 1 heterocycles. The van der Waals surface area contributed by atoms with E-state index in [0.29, 0.717) is 40.7 Å². The van der Waals surface area contributed by atoms with Crippen molar-refractivity contribution >= 4 is 44.8 Å². The fraction of sp³-hybridized carbons (Fsp3) is 0.259. The molecule has 2 amide bonds. The lowest BCUT2D eigenvalue weighted by Gasteiger charge is -2.23. The summed E-state index contributed by atoms with van der Waals surface area (Å²) in [6.45, 7) is 1.24. The van der Waals surface area contributed by atoms with Crippen LogP contribution in [0.4, 0.5) is 11.4 Å². The Balaban J connectivity index is 1.46. The molecule has 8 nitrogen and oxygen atoms in total. The van der Waals surface area contributed by atoms with E-state index in [1.807, 2.05) is 0 Å². The highest BCUT2D eigenvalue weighted by molar-refractivity contribution is 7.92. The van der Waals surface area contributed by atoms with Crippen molar-refractivity contribution in [1.29, 1.82) is 0 Å². The van der Waals surface area contributed by atoms with Gasteiger partial charge in [-0.3, -0.25) is 13.9 Å². The van der Waals surface area contributed by atoms with Crippen LogP contribution in [0, 0.1) is 0 Å². The Bertz CT molecular complexity index is 1360. The zero-order valence-corrected chi connectivity index (χ0v) is 21.9. The van der Waals surface area contributed by atoms with E-state index in [1.54, 1.807) is 72.8 Å². The molecule has 194 valence electrons. The van der Waals surface area contributed by atoms with Gasteiger partial charge in [-0.05, 0) is 66.9 Å². The van der Waals surface area contributed by atoms with E-state index in [9.17, 15) is 18.0 Å². The third kappa shape index (κ3) is 7.09. The quantitative estimate of drug-likeness (QED) is 0.416. The zero-order chi connectivity index (χ0) is 26.4. The average molecular weight is 542 g/mol. The molecule has 10 heteroatoms. The summed E-state index contributed by atoms with van der Waals surface area (Å²) in [4.78, 5) is 25.7. The summed E-state index contributed by atoms with van der Waals surface area (Å²) in [6.07, 6.45) is 3.03. The number of carbonyl (C=O) groups is 2. The highest BCUT2D eigenvalue weighted by atomic mass is 35.5. The number of amides is 2. The second-order valence-electron chi connectivity index (χ2n) is 8.79. The van der Waals surface area contributed by atoms with Crippen molar-refractivity contribution < 1.29 is 22.7 Å². The molecular formula is C27H28ClN3O5S. The van der Waals surface area contributed by atoms with Crippen molar-refractivity contribution in [3.8, 4) is 0 Å². The van der Waals surface area contributed by atoms with Crippen LogP contribution in [0.2, 0.25) is 5.02 Å². The largest absolute Gasteiger partial charge is 0.376 e. The Morgan fingerprint density at radius 3 is 2.35 bits per heavy atom. The Hall–Kier alpha value is -3.40. The van der Waals surface area contributed by atoms with Gasteiger partial charge >= 0.3 is 0 Å². The molecule has 37 heavy (non-hydrogen) atoms. The normalized spacial score (nSPS) is 15.2. The van der Waals surface area contributed by atoms with Gasteiger partial charge in [0, 0.05) is 23.7 Å². The fourth-order valence-electron chi connectivity index (χ4n) is 4.03. The van der Waals surface area contributed by atoms with Gasteiger partial charge in [-0.2, -0.15) is 0 Å². The van der Waals surface area contributed by atoms with Crippen molar-refractivity contribution in [3.63, 3.8) is 0 Å². The van der Waals surface area contributed by atoms with E-state index in [-0.39, 0.29) is 18.6 Å². The lowest BCUT2D eigenvalue weighted by Crippen LogP contribution is -2.32. The van der Waals surface area contributed by atoms with Crippen molar-refractivity contribution in [3.05, 3.63) is 94.5 Å². The monoisotopic (exact) mass is 541 g/mol. The topological polar surface area (TPSA) is 105 Å². The number of nitrogens with one attached hydrogen (secondary N) is 2. The van der Waals surface area contributed by atoms with Crippen LogP contribution in [0.15, 0.2) is 72.8 Å².